The average Bonchev–Trinajstić information content (AvgIpc) is 2.66. The number of non-ortho nitro benzene ring substituents is 1. The monoisotopic (exact) mass is 352 g/mol. The third-order valence-corrected chi connectivity index (χ3v) is 4.16. The number of nitrogens with zero attached hydrogens (tertiary/aromatic N) is 3. The number of nitriles is 1. The Hall–Kier alpha value is -3.47. The van der Waals surface area contributed by atoms with E-state index < -0.39 is 10.8 Å². The highest BCUT2D eigenvalue weighted by Crippen LogP contribution is 2.28. The number of nitro groups is 1. The van der Waals surface area contributed by atoms with Gasteiger partial charge in [-0.15, -0.1) is 0 Å². The summed E-state index contributed by atoms with van der Waals surface area (Å²) >= 11 is 0. The minimum absolute atomic E-state index is 0.0221. The lowest BCUT2D eigenvalue weighted by molar-refractivity contribution is -0.384. The molecule has 3 rings (SSSR count). The van der Waals surface area contributed by atoms with Crippen molar-refractivity contribution in [2.24, 2.45) is 0 Å². The first-order valence-corrected chi connectivity index (χ1v) is 8.16. The number of carbonyl (C=O) groups excluding carboxylic acids is 1. The summed E-state index contributed by atoms with van der Waals surface area (Å²) in [5.41, 5.74) is 2.08. The molecular weight excluding hydrogens is 336 g/mol. The van der Waals surface area contributed by atoms with E-state index in [1.54, 1.807) is 12.3 Å². The zero-order valence-corrected chi connectivity index (χ0v) is 13.9. The maximum atomic E-state index is 12.1. The SMILES string of the molecule is N#Cc1cc([N+](=O)[O-])ccc1NC(=O)COc1ccnc2c1CCCC2. The number of aryl methyl sites for hydroxylation is 1. The third kappa shape index (κ3) is 3.78. The molecule has 2 aromatic rings. The quantitative estimate of drug-likeness (QED) is 0.653. The summed E-state index contributed by atoms with van der Waals surface area (Å²) < 4.78 is 5.63. The first-order chi connectivity index (χ1) is 12.6. The van der Waals surface area contributed by atoms with E-state index in [2.05, 4.69) is 10.3 Å². The van der Waals surface area contributed by atoms with Crippen molar-refractivity contribution in [2.75, 3.05) is 11.9 Å². The molecule has 1 aliphatic rings. The molecule has 0 saturated heterocycles. The molecule has 1 heterocycles. The molecule has 132 valence electrons. The van der Waals surface area contributed by atoms with Crippen LogP contribution in [-0.2, 0) is 17.6 Å². The predicted molar refractivity (Wildman–Crippen MR) is 92.8 cm³/mol. The van der Waals surface area contributed by atoms with Gasteiger partial charge in [0.05, 0.1) is 16.2 Å². The zero-order valence-electron chi connectivity index (χ0n) is 13.9. The first kappa shape index (κ1) is 17.4. The summed E-state index contributed by atoms with van der Waals surface area (Å²) in [5.74, 6) is 0.200. The molecule has 1 aromatic heterocycles. The van der Waals surface area contributed by atoms with Crippen LogP contribution in [-0.4, -0.2) is 22.4 Å². The van der Waals surface area contributed by atoms with Crippen LogP contribution in [0.2, 0.25) is 0 Å². The van der Waals surface area contributed by atoms with Gasteiger partial charge in [-0.2, -0.15) is 5.26 Å². The van der Waals surface area contributed by atoms with Gasteiger partial charge in [0, 0.05) is 29.6 Å². The standard InChI is InChI=1S/C18H16N4O4/c19-10-12-9-13(22(24)25)5-6-15(12)21-18(23)11-26-17-7-8-20-16-4-2-1-3-14(16)17/h5-9H,1-4,11H2,(H,21,23). The fourth-order valence-electron chi connectivity index (χ4n) is 2.90. The second-order valence-corrected chi connectivity index (χ2v) is 5.88. The number of rotatable bonds is 5. The topological polar surface area (TPSA) is 118 Å². The molecular formula is C18H16N4O4. The van der Waals surface area contributed by atoms with Crippen LogP contribution >= 0.6 is 0 Å². The highest BCUT2D eigenvalue weighted by atomic mass is 16.6. The van der Waals surface area contributed by atoms with E-state index in [1.165, 1.54) is 12.1 Å². The fourth-order valence-corrected chi connectivity index (χ4v) is 2.90. The van der Waals surface area contributed by atoms with E-state index in [9.17, 15) is 14.9 Å². The number of nitrogens with one attached hydrogen (secondary N) is 1. The molecule has 0 aliphatic heterocycles. The van der Waals surface area contributed by atoms with Crippen molar-refractivity contribution in [3.8, 4) is 11.8 Å². The van der Waals surface area contributed by atoms with Gasteiger partial charge in [-0.1, -0.05) is 0 Å². The molecule has 1 aliphatic carbocycles. The number of ether oxygens (including phenoxy) is 1. The number of pyridine rings is 1. The third-order valence-electron chi connectivity index (χ3n) is 4.16. The van der Waals surface area contributed by atoms with Crippen LogP contribution in [0.1, 0.15) is 29.7 Å². The summed E-state index contributed by atoms with van der Waals surface area (Å²) in [6, 6.07) is 7.27. The van der Waals surface area contributed by atoms with Gasteiger partial charge in [0.2, 0.25) is 0 Å². The predicted octanol–water partition coefficient (Wildman–Crippen LogP) is 2.76. The van der Waals surface area contributed by atoms with E-state index in [1.807, 2.05) is 6.07 Å². The van der Waals surface area contributed by atoms with Crippen LogP contribution in [0.4, 0.5) is 11.4 Å². The van der Waals surface area contributed by atoms with Crippen molar-refractivity contribution in [3.63, 3.8) is 0 Å². The second kappa shape index (κ2) is 7.61. The molecule has 0 spiro atoms. The molecule has 0 unspecified atom stereocenters. The van der Waals surface area contributed by atoms with Crippen molar-refractivity contribution in [2.45, 2.75) is 25.7 Å². The van der Waals surface area contributed by atoms with Gasteiger partial charge >= 0.3 is 0 Å². The largest absolute Gasteiger partial charge is 0.483 e. The number of amides is 1. The summed E-state index contributed by atoms with van der Waals surface area (Å²) in [6.45, 7) is -0.224. The number of fused-ring (bicyclic) bond motifs is 1. The lowest BCUT2D eigenvalue weighted by Gasteiger charge is -2.18. The Balaban J connectivity index is 1.67. The van der Waals surface area contributed by atoms with Gasteiger partial charge in [0.25, 0.3) is 11.6 Å². The Morgan fingerprint density at radius 3 is 2.92 bits per heavy atom. The van der Waals surface area contributed by atoms with Crippen LogP contribution in [0.3, 0.4) is 0 Å². The van der Waals surface area contributed by atoms with E-state index in [0.717, 1.165) is 43.0 Å². The maximum Gasteiger partial charge on any atom is 0.270 e. The molecule has 0 saturated carbocycles. The molecule has 0 bridgehead atoms. The smallest absolute Gasteiger partial charge is 0.270 e. The van der Waals surface area contributed by atoms with Crippen molar-refractivity contribution >= 4 is 17.3 Å². The van der Waals surface area contributed by atoms with Crippen LogP contribution in [0, 0.1) is 21.4 Å². The highest BCUT2D eigenvalue weighted by Gasteiger charge is 2.17. The summed E-state index contributed by atoms with van der Waals surface area (Å²) in [6.07, 6.45) is 5.62. The van der Waals surface area contributed by atoms with Crippen molar-refractivity contribution < 1.29 is 14.5 Å². The Morgan fingerprint density at radius 1 is 1.35 bits per heavy atom. The molecule has 1 aromatic carbocycles. The number of hydrogen-bond acceptors (Lipinski definition) is 6. The molecule has 1 N–H and O–H groups in total. The van der Waals surface area contributed by atoms with Gasteiger partial charge < -0.3 is 10.1 Å². The number of anilines is 1. The molecule has 8 nitrogen and oxygen atoms in total. The normalized spacial score (nSPS) is 12.6. The fraction of sp³-hybridized carbons (Fsp3) is 0.278. The molecule has 8 heteroatoms. The zero-order chi connectivity index (χ0) is 18.5. The van der Waals surface area contributed by atoms with E-state index in [0.29, 0.717) is 5.75 Å². The summed E-state index contributed by atoms with van der Waals surface area (Å²) in [5, 5.41) is 22.4. The van der Waals surface area contributed by atoms with Gasteiger partial charge in [-0.25, -0.2) is 0 Å². The van der Waals surface area contributed by atoms with E-state index in [-0.39, 0.29) is 23.5 Å². The lowest BCUT2D eigenvalue weighted by Crippen LogP contribution is -2.21. The summed E-state index contributed by atoms with van der Waals surface area (Å²) in [4.78, 5) is 26.7. The number of benzene rings is 1. The molecule has 0 radical (unpaired) electrons. The Labute approximate surface area is 149 Å². The van der Waals surface area contributed by atoms with Crippen molar-refractivity contribution in [1.82, 2.24) is 4.98 Å². The molecule has 0 atom stereocenters. The number of nitro benzene ring substituents is 1. The molecule has 1 amide bonds. The van der Waals surface area contributed by atoms with Gasteiger partial charge in [0.15, 0.2) is 6.61 Å². The first-order valence-electron chi connectivity index (χ1n) is 8.16. The Bertz CT molecular complexity index is 905. The number of carbonyl (C=O) groups is 1. The van der Waals surface area contributed by atoms with Gasteiger partial charge in [0.1, 0.15) is 11.8 Å². The van der Waals surface area contributed by atoms with Crippen LogP contribution in [0.5, 0.6) is 5.75 Å². The van der Waals surface area contributed by atoms with E-state index >= 15 is 0 Å². The van der Waals surface area contributed by atoms with Crippen LogP contribution < -0.4 is 10.1 Å². The summed E-state index contributed by atoms with van der Waals surface area (Å²) in [7, 11) is 0. The van der Waals surface area contributed by atoms with Gasteiger partial charge in [-0.3, -0.25) is 19.9 Å². The van der Waals surface area contributed by atoms with Gasteiger partial charge in [-0.05, 0) is 37.8 Å². The lowest BCUT2D eigenvalue weighted by atomic mass is 9.95. The molecule has 26 heavy (non-hydrogen) atoms. The van der Waals surface area contributed by atoms with Crippen molar-refractivity contribution in [3.05, 3.63) is 57.4 Å². The van der Waals surface area contributed by atoms with Crippen molar-refractivity contribution in [1.29, 1.82) is 5.26 Å². The van der Waals surface area contributed by atoms with Crippen LogP contribution in [0.15, 0.2) is 30.5 Å². The second-order valence-electron chi connectivity index (χ2n) is 5.88. The minimum Gasteiger partial charge on any atom is -0.483 e. The number of aromatic nitrogens is 1. The average molecular weight is 352 g/mol. The highest BCUT2D eigenvalue weighted by molar-refractivity contribution is 5.93. The van der Waals surface area contributed by atoms with Crippen LogP contribution in [0.25, 0.3) is 0 Å². The Morgan fingerprint density at radius 2 is 2.15 bits per heavy atom. The minimum atomic E-state index is -0.595. The Kier molecular flexibility index (Phi) is 5.08. The number of hydrogen-bond donors (Lipinski definition) is 1. The molecule has 0 fully saturated rings. The van der Waals surface area contributed by atoms with E-state index in [4.69, 9.17) is 10.00 Å². The maximum absolute atomic E-state index is 12.1.